The Kier molecular flexibility index (Phi) is 4.40. The lowest BCUT2D eigenvalue weighted by Gasteiger charge is -2.33. The number of hydrogen-bond acceptors (Lipinski definition) is 5. The molecule has 0 atom stereocenters. The van der Waals surface area contributed by atoms with Crippen LogP contribution in [0.1, 0.15) is 12.8 Å². The van der Waals surface area contributed by atoms with Crippen LogP contribution in [0.3, 0.4) is 0 Å². The molecule has 0 N–H and O–H groups in total. The lowest BCUT2D eigenvalue weighted by Crippen LogP contribution is -2.47. The maximum absolute atomic E-state index is 11.3. The van der Waals surface area contributed by atoms with E-state index in [1.165, 1.54) is 0 Å². The zero-order valence-electron chi connectivity index (χ0n) is 12.3. The van der Waals surface area contributed by atoms with Crippen LogP contribution in [-0.2, 0) is 11.3 Å². The zero-order valence-corrected chi connectivity index (χ0v) is 13.1. The van der Waals surface area contributed by atoms with Crippen LogP contribution in [0, 0.1) is 0 Å². The van der Waals surface area contributed by atoms with Crippen molar-refractivity contribution < 1.29 is 9.21 Å². The maximum atomic E-state index is 11.3. The number of aromatic nitrogens is 2. The summed E-state index contributed by atoms with van der Waals surface area (Å²) in [5.74, 6) is 1.17. The van der Waals surface area contributed by atoms with Crippen LogP contribution in [0.2, 0.25) is 5.02 Å². The van der Waals surface area contributed by atoms with E-state index in [1.54, 1.807) is 19.1 Å². The Morgan fingerprint density at radius 2 is 2.05 bits per heavy atom. The first kappa shape index (κ1) is 15.0. The van der Waals surface area contributed by atoms with Gasteiger partial charge in [-0.2, -0.15) is 0 Å². The van der Waals surface area contributed by atoms with Crippen molar-refractivity contribution in [2.45, 2.75) is 13.5 Å². The predicted molar refractivity (Wildman–Crippen MR) is 82.3 cm³/mol. The van der Waals surface area contributed by atoms with E-state index in [1.807, 2.05) is 17.0 Å². The van der Waals surface area contributed by atoms with Crippen LogP contribution in [0.5, 0.6) is 0 Å². The van der Waals surface area contributed by atoms with Crippen LogP contribution in [0.25, 0.3) is 11.5 Å². The molecule has 6 nitrogen and oxygen atoms in total. The molecule has 2 heterocycles. The quantitative estimate of drug-likeness (QED) is 0.866. The molecule has 116 valence electrons. The van der Waals surface area contributed by atoms with E-state index >= 15 is 0 Å². The molecule has 1 fully saturated rings. The topological polar surface area (TPSA) is 62.5 Å². The number of carbonyl (C=O) groups is 1. The van der Waals surface area contributed by atoms with Crippen LogP contribution in [-0.4, -0.2) is 52.1 Å². The molecule has 7 heteroatoms. The van der Waals surface area contributed by atoms with Crippen molar-refractivity contribution in [1.29, 1.82) is 0 Å². The second-order valence-corrected chi connectivity index (χ2v) is 5.73. The van der Waals surface area contributed by atoms with E-state index < -0.39 is 0 Å². The van der Waals surface area contributed by atoms with Crippen LogP contribution < -0.4 is 0 Å². The third-order valence-electron chi connectivity index (χ3n) is 3.71. The normalized spacial score (nSPS) is 16.0. The van der Waals surface area contributed by atoms with E-state index in [9.17, 15) is 4.79 Å². The van der Waals surface area contributed by atoms with Gasteiger partial charge in [0.1, 0.15) is 0 Å². The average molecular weight is 321 g/mol. The number of benzene rings is 1. The molecule has 1 saturated heterocycles. The first-order chi connectivity index (χ1) is 10.6. The summed E-state index contributed by atoms with van der Waals surface area (Å²) < 4.78 is 5.70. The monoisotopic (exact) mass is 320 g/mol. The van der Waals surface area contributed by atoms with E-state index in [4.69, 9.17) is 16.0 Å². The van der Waals surface area contributed by atoms with Gasteiger partial charge >= 0.3 is 0 Å². The fourth-order valence-corrected chi connectivity index (χ4v) is 2.66. The van der Waals surface area contributed by atoms with Gasteiger partial charge in [-0.05, 0) is 18.2 Å². The van der Waals surface area contributed by atoms with Crippen molar-refractivity contribution in [1.82, 2.24) is 20.0 Å². The van der Waals surface area contributed by atoms with Gasteiger partial charge in [-0.25, -0.2) is 0 Å². The summed E-state index contributed by atoms with van der Waals surface area (Å²) in [6.07, 6.45) is 0. The Hall–Kier alpha value is -1.92. The molecular formula is C15H17ClN4O2. The standard InChI is InChI=1S/C15H17ClN4O2/c1-11(21)20-7-5-19(6-8-20)10-14-17-18-15(22-14)12-3-2-4-13(16)9-12/h2-4,9H,5-8,10H2,1H3. The fourth-order valence-electron chi connectivity index (χ4n) is 2.47. The number of carbonyl (C=O) groups excluding carboxylic acids is 1. The van der Waals surface area contributed by atoms with Crippen molar-refractivity contribution in [2.75, 3.05) is 26.2 Å². The highest BCUT2D eigenvalue weighted by Crippen LogP contribution is 2.21. The zero-order chi connectivity index (χ0) is 15.5. The molecule has 0 unspecified atom stereocenters. The Morgan fingerprint density at radius 1 is 1.27 bits per heavy atom. The molecule has 1 aromatic heterocycles. The summed E-state index contributed by atoms with van der Waals surface area (Å²) in [5.41, 5.74) is 0.813. The molecule has 2 aromatic rings. The van der Waals surface area contributed by atoms with Crippen molar-refractivity contribution >= 4 is 17.5 Å². The Balaban J connectivity index is 1.62. The molecule has 0 saturated carbocycles. The molecule has 0 aliphatic carbocycles. The third-order valence-corrected chi connectivity index (χ3v) is 3.95. The Morgan fingerprint density at radius 3 is 2.73 bits per heavy atom. The fraction of sp³-hybridized carbons (Fsp3) is 0.400. The minimum absolute atomic E-state index is 0.126. The van der Waals surface area contributed by atoms with Crippen LogP contribution >= 0.6 is 11.6 Å². The third kappa shape index (κ3) is 3.45. The summed E-state index contributed by atoms with van der Waals surface area (Å²) in [6, 6.07) is 7.33. The molecule has 1 aliphatic heterocycles. The van der Waals surface area contributed by atoms with Crippen LogP contribution in [0.15, 0.2) is 28.7 Å². The lowest BCUT2D eigenvalue weighted by atomic mass is 10.2. The maximum Gasteiger partial charge on any atom is 0.247 e. The van der Waals surface area contributed by atoms with E-state index in [2.05, 4.69) is 15.1 Å². The van der Waals surface area contributed by atoms with Crippen LogP contribution in [0.4, 0.5) is 0 Å². The molecule has 1 amide bonds. The number of hydrogen-bond donors (Lipinski definition) is 0. The summed E-state index contributed by atoms with van der Waals surface area (Å²) in [5, 5.41) is 8.79. The summed E-state index contributed by atoms with van der Waals surface area (Å²) in [7, 11) is 0. The second kappa shape index (κ2) is 6.46. The smallest absolute Gasteiger partial charge is 0.247 e. The van der Waals surface area contributed by atoms with Gasteiger partial charge in [0.2, 0.25) is 17.7 Å². The summed E-state index contributed by atoms with van der Waals surface area (Å²) in [6.45, 7) is 5.31. The highest BCUT2D eigenvalue weighted by atomic mass is 35.5. The first-order valence-electron chi connectivity index (χ1n) is 7.18. The van der Waals surface area contributed by atoms with Gasteiger partial charge < -0.3 is 9.32 Å². The van der Waals surface area contributed by atoms with Gasteiger partial charge in [-0.3, -0.25) is 9.69 Å². The lowest BCUT2D eigenvalue weighted by molar-refractivity contribution is -0.130. The number of amides is 1. The molecule has 3 rings (SSSR count). The van der Waals surface area contributed by atoms with Gasteiger partial charge in [0, 0.05) is 43.7 Å². The number of halogens is 1. The first-order valence-corrected chi connectivity index (χ1v) is 7.56. The van der Waals surface area contributed by atoms with E-state index in [0.29, 0.717) is 23.3 Å². The largest absolute Gasteiger partial charge is 0.419 e. The minimum atomic E-state index is 0.126. The average Bonchev–Trinajstić information content (AvgIpc) is 2.96. The summed E-state index contributed by atoms with van der Waals surface area (Å²) >= 11 is 5.97. The molecule has 0 bridgehead atoms. The Bertz CT molecular complexity index is 665. The van der Waals surface area contributed by atoms with Gasteiger partial charge in [0.05, 0.1) is 6.54 Å². The molecule has 1 aromatic carbocycles. The predicted octanol–water partition coefficient (Wildman–Crippen LogP) is 2.05. The van der Waals surface area contributed by atoms with Gasteiger partial charge in [0.15, 0.2) is 0 Å². The number of piperazine rings is 1. The van der Waals surface area contributed by atoms with Gasteiger partial charge in [0.25, 0.3) is 0 Å². The van der Waals surface area contributed by atoms with Crippen molar-refractivity contribution in [3.63, 3.8) is 0 Å². The SMILES string of the molecule is CC(=O)N1CCN(Cc2nnc(-c3cccc(Cl)c3)o2)CC1. The van der Waals surface area contributed by atoms with E-state index in [-0.39, 0.29) is 5.91 Å². The molecule has 22 heavy (non-hydrogen) atoms. The Labute approximate surface area is 133 Å². The minimum Gasteiger partial charge on any atom is -0.419 e. The molecular weight excluding hydrogens is 304 g/mol. The van der Waals surface area contributed by atoms with Gasteiger partial charge in [-0.15, -0.1) is 10.2 Å². The summed E-state index contributed by atoms with van der Waals surface area (Å²) in [4.78, 5) is 15.4. The molecule has 0 radical (unpaired) electrons. The highest BCUT2D eigenvalue weighted by molar-refractivity contribution is 6.30. The second-order valence-electron chi connectivity index (χ2n) is 5.29. The highest BCUT2D eigenvalue weighted by Gasteiger charge is 2.20. The van der Waals surface area contributed by atoms with E-state index in [0.717, 1.165) is 31.7 Å². The van der Waals surface area contributed by atoms with Gasteiger partial charge in [-0.1, -0.05) is 17.7 Å². The molecule has 1 aliphatic rings. The number of nitrogens with zero attached hydrogens (tertiary/aromatic N) is 4. The van der Waals surface area contributed by atoms with Crippen molar-refractivity contribution in [3.8, 4) is 11.5 Å². The molecule has 0 spiro atoms. The van der Waals surface area contributed by atoms with Crippen molar-refractivity contribution in [2.24, 2.45) is 0 Å². The van der Waals surface area contributed by atoms with Crippen molar-refractivity contribution in [3.05, 3.63) is 35.2 Å². The number of rotatable bonds is 3.